The zero-order valence-electron chi connectivity index (χ0n) is 9.03. The third-order valence-corrected chi connectivity index (χ3v) is 3.81. The number of nitrogen functional groups attached to an aromatic ring is 1. The molecule has 0 unspecified atom stereocenters. The first-order chi connectivity index (χ1) is 8.09. The van der Waals surface area contributed by atoms with Gasteiger partial charge in [0.2, 0.25) is 0 Å². The SMILES string of the molecule is Cc1occc1Sc1nccc(C(=N)N)c1Cl. The first kappa shape index (κ1) is 12.0. The molecule has 0 saturated heterocycles. The molecule has 2 heterocycles. The van der Waals surface area contributed by atoms with Gasteiger partial charge in [-0.2, -0.15) is 0 Å². The first-order valence-electron chi connectivity index (χ1n) is 4.80. The van der Waals surface area contributed by atoms with E-state index in [1.165, 1.54) is 11.8 Å². The van der Waals surface area contributed by atoms with E-state index in [1.807, 2.05) is 13.0 Å². The maximum absolute atomic E-state index is 7.40. The van der Waals surface area contributed by atoms with Crippen molar-refractivity contribution in [2.24, 2.45) is 5.73 Å². The minimum atomic E-state index is -0.0665. The summed E-state index contributed by atoms with van der Waals surface area (Å²) in [5.74, 6) is 0.740. The van der Waals surface area contributed by atoms with Crippen molar-refractivity contribution < 1.29 is 4.42 Å². The van der Waals surface area contributed by atoms with Crippen molar-refractivity contribution in [3.8, 4) is 0 Å². The zero-order valence-corrected chi connectivity index (χ0v) is 10.6. The Morgan fingerprint density at radius 3 is 2.88 bits per heavy atom. The maximum Gasteiger partial charge on any atom is 0.124 e. The molecule has 6 heteroatoms. The van der Waals surface area contributed by atoms with Crippen LogP contribution in [-0.4, -0.2) is 10.8 Å². The van der Waals surface area contributed by atoms with Crippen molar-refractivity contribution in [3.05, 3.63) is 40.9 Å². The van der Waals surface area contributed by atoms with Crippen LogP contribution in [-0.2, 0) is 0 Å². The van der Waals surface area contributed by atoms with Gasteiger partial charge in [0.1, 0.15) is 16.6 Å². The minimum Gasteiger partial charge on any atom is -0.468 e. The maximum atomic E-state index is 7.40. The molecule has 0 radical (unpaired) electrons. The molecule has 0 aromatic carbocycles. The summed E-state index contributed by atoms with van der Waals surface area (Å²) in [4.78, 5) is 5.12. The largest absolute Gasteiger partial charge is 0.468 e. The van der Waals surface area contributed by atoms with Gasteiger partial charge in [0, 0.05) is 11.8 Å². The number of pyridine rings is 1. The molecule has 0 bridgehead atoms. The minimum absolute atomic E-state index is 0.0665. The molecule has 88 valence electrons. The lowest BCUT2D eigenvalue weighted by molar-refractivity contribution is 0.527. The Morgan fingerprint density at radius 1 is 1.53 bits per heavy atom. The fraction of sp³-hybridized carbons (Fsp3) is 0.0909. The van der Waals surface area contributed by atoms with E-state index >= 15 is 0 Å². The second kappa shape index (κ2) is 4.81. The van der Waals surface area contributed by atoms with Gasteiger partial charge in [-0.1, -0.05) is 23.4 Å². The number of furan rings is 1. The lowest BCUT2D eigenvalue weighted by Gasteiger charge is -2.06. The lowest BCUT2D eigenvalue weighted by atomic mass is 10.2. The smallest absolute Gasteiger partial charge is 0.124 e. The number of nitrogens with two attached hydrogens (primary N) is 1. The molecule has 0 amide bonds. The molecular formula is C11H10ClN3OS. The van der Waals surface area contributed by atoms with E-state index in [1.54, 1.807) is 18.5 Å². The molecule has 17 heavy (non-hydrogen) atoms. The zero-order chi connectivity index (χ0) is 12.4. The number of nitrogens with one attached hydrogen (secondary N) is 1. The number of hydrogen-bond acceptors (Lipinski definition) is 4. The van der Waals surface area contributed by atoms with Crippen LogP contribution < -0.4 is 5.73 Å². The van der Waals surface area contributed by atoms with Gasteiger partial charge >= 0.3 is 0 Å². The Labute approximate surface area is 108 Å². The summed E-state index contributed by atoms with van der Waals surface area (Å²) >= 11 is 7.53. The van der Waals surface area contributed by atoms with Gasteiger partial charge in [-0.3, -0.25) is 5.41 Å². The summed E-state index contributed by atoms with van der Waals surface area (Å²) in [6, 6.07) is 3.47. The number of aryl methyl sites for hydroxylation is 1. The van der Waals surface area contributed by atoms with Gasteiger partial charge in [-0.05, 0) is 19.1 Å². The van der Waals surface area contributed by atoms with Crippen LogP contribution in [0.15, 0.2) is 38.9 Å². The third-order valence-electron chi connectivity index (χ3n) is 2.17. The van der Waals surface area contributed by atoms with Gasteiger partial charge in [-0.15, -0.1) is 0 Å². The van der Waals surface area contributed by atoms with Crippen molar-refractivity contribution in [2.75, 3.05) is 0 Å². The number of nitrogens with zero attached hydrogens (tertiary/aromatic N) is 1. The second-order valence-corrected chi connectivity index (χ2v) is 4.74. The van der Waals surface area contributed by atoms with Crippen molar-refractivity contribution >= 4 is 29.2 Å². The summed E-state index contributed by atoms with van der Waals surface area (Å²) < 4.78 is 5.20. The number of hydrogen-bond donors (Lipinski definition) is 2. The Hall–Kier alpha value is -1.46. The molecule has 0 atom stereocenters. The Kier molecular flexibility index (Phi) is 3.40. The monoisotopic (exact) mass is 267 g/mol. The Balaban J connectivity index is 2.37. The number of halogens is 1. The molecule has 0 spiro atoms. The summed E-state index contributed by atoms with van der Waals surface area (Å²) in [5.41, 5.74) is 5.92. The normalized spacial score (nSPS) is 10.5. The highest BCUT2D eigenvalue weighted by Gasteiger charge is 2.12. The highest BCUT2D eigenvalue weighted by atomic mass is 35.5. The van der Waals surface area contributed by atoms with Crippen molar-refractivity contribution in [2.45, 2.75) is 16.8 Å². The quantitative estimate of drug-likeness (QED) is 0.662. The molecule has 2 aromatic heterocycles. The van der Waals surface area contributed by atoms with Gasteiger partial charge in [0.15, 0.2) is 0 Å². The highest BCUT2D eigenvalue weighted by Crippen LogP contribution is 2.35. The summed E-state index contributed by atoms with van der Waals surface area (Å²) in [5, 5.41) is 8.41. The summed E-state index contributed by atoms with van der Waals surface area (Å²) in [6.07, 6.45) is 3.20. The van der Waals surface area contributed by atoms with Crippen LogP contribution in [0.25, 0.3) is 0 Å². The third kappa shape index (κ3) is 2.45. The number of rotatable bonds is 3. The molecule has 2 aromatic rings. The molecule has 0 fully saturated rings. The predicted molar refractivity (Wildman–Crippen MR) is 67.8 cm³/mol. The van der Waals surface area contributed by atoms with Gasteiger partial charge in [0.25, 0.3) is 0 Å². The van der Waals surface area contributed by atoms with Crippen LogP contribution in [0.2, 0.25) is 5.02 Å². The standard InChI is InChI=1S/C11H10ClN3OS/c1-6-8(3-5-16-6)17-11-9(12)7(10(13)14)2-4-15-11/h2-5H,1H3,(H3,13,14). The van der Waals surface area contributed by atoms with E-state index in [9.17, 15) is 0 Å². The molecule has 3 N–H and O–H groups in total. The van der Waals surface area contributed by atoms with Gasteiger partial charge in [0.05, 0.1) is 16.2 Å². The van der Waals surface area contributed by atoms with Gasteiger partial charge < -0.3 is 10.2 Å². The van der Waals surface area contributed by atoms with Crippen LogP contribution in [0, 0.1) is 12.3 Å². The fourth-order valence-corrected chi connectivity index (χ4v) is 2.45. The molecule has 0 aliphatic heterocycles. The van der Waals surface area contributed by atoms with Gasteiger partial charge in [-0.25, -0.2) is 4.98 Å². The van der Waals surface area contributed by atoms with Crippen LogP contribution in [0.5, 0.6) is 0 Å². The van der Waals surface area contributed by atoms with Crippen LogP contribution >= 0.6 is 23.4 Å². The van der Waals surface area contributed by atoms with E-state index in [-0.39, 0.29) is 5.84 Å². The van der Waals surface area contributed by atoms with Crippen LogP contribution in [0.3, 0.4) is 0 Å². The first-order valence-corrected chi connectivity index (χ1v) is 6.00. The number of amidine groups is 1. The van der Waals surface area contributed by atoms with Crippen molar-refractivity contribution in [1.82, 2.24) is 4.98 Å². The number of aromatic nitrogens is 1. The second-order valence-electron chi connectivity index (χ2n) is 3.33. The van der Waals surface area contributed by atoms with E-state index in [4.69, 9.17) is 27.2 Å². The molecule has 0 aliphatic carbocycles. The van der Waals surface area contributed by atoms with E-state index in [0.29, 0.717) is 15.6 Å². The molecule has 2 rings (SSSR count). The highest BCUT2D eigenvalue weighted by molar-refractivity contribution is 7.99. The van der Waals surface area contributed by atoms with Crippen molar-refractivity contribution in [3.63, 3.8) is 0 Å². The van der Waals surface area contributed by atoms with E-state index < -0.39 is 0 Å². The van der Waals surface area contributed by atoms with E-state index in [0.717, 1.165) is 10.7 Å². The Morgan fingerprint density at radius 2 is 2.29 bits per heavy atom. The lowest BCUT2D eigenvalue weighted by Crippen LogP contribution is -2.12. The van der Waals surface area contributed by atoms with E-state index in [2.05, 4.69) is 4.98 Å². The fourth-order valence-electron chi connectivity index (χ4n) is 1.29. The van der Waals surface area contributed by atoms with Crippen LogP contribution in [0.4, 0.5) is 0 Å². The molecule has 0 saturated carbocycles. The Bertz CT molecular complexity index is 568. The van der Waals surface area contributed by atoms with Crippen LogP contribution in [0.1, 0.15) is 11.3 Å². The average Bonchev–Trinajstić information content (AvgIpc) is 2.67. The molecule has 0 aliphatic rings. The van der Waals surface area contributed by atoms with Crippen molar-refractivity contribution in [1.29, 1.82) is 5.41 Å². The summed E-state index contributed by atoms with van der Waals surface area (Å²) in [6.45, 7) is 1.87. The summed E-state index contributed by atoms with van der Waals surface area (Å²) in [7, 11) is 0. The molecular weight excluding hydrogens is 258 g/mol. The average molecular weight is 268 g/mol. The predicted octanol–water partition coefficient (Wildman–Crippen LogP) is 3.07. The topological polar surface area (TPSA) is 75.9 Å². The molecule has 4 nitrogen and oxygen atoms in total.